The first-order valence-electron chi connectivity index (χ1n) is 9.67. The van der Waals surface area contributed by atoms with Gasteiger partial charge in [0.1, 0.15) is 5.82 Å². The van der Waals surface area contributed by atoms with Crippen molar-refractivity contribution in [2.75, 3.05) is 37.9 Å². The van der Waals surface area contributed by atoms with Gasteiger partial charge in [-0.3, -0.25) is 9.52 Å². The summed E-state index contributed by atoms with van der Waals surface area (Å²) in [5.74, 6) is -0.466. The zero-order chi connectivity index (χ0) is 20.9. The number of benzene rings is 2. The van der Waals surface area contributed by atoms with Gasteiger partial charge in [-0.05, 0) is 67.9 Å². The molecule has 0 spiro atoms. The van der Waals surface area contributed by atoms with E-state index in [0.29, 0.717) is 12.2 Å². The molecule has 0 bridgehead atoms. The van der Waals surface area contributed by atoms with Gasteiger partial charge in [-0.2, -0.15) is 0 Å². The van der Waals surface area contributed by atoms with Gasteiger partial charge in [0.25, 0.3) is 10.0 Å². The number of likely N-dealkylation sites (N-methyl/N-ethyl adjacent to an activating group) is 1. The van der Waals surface area contributed by atoms with Crippen molar-refractivity contribution in [3.63, 3.8) is 0 Å². The lowest BCUT2D eigenvalue weighted by molar-refractivity contribution is -0.129. The number of amides is 1. The molecule has 1 saturated heterocycles. The highest BCUT2D eigenvalue weighted by Gasteiger charge is 2.16. The number of nitrogens with zero attached hydrogens (tertiary/aromatic N) is 2. The van der Waals surface area contributed by atoms with Crippen LogP contribution in [0.4, 0.5) is 10.1 Å². The number of anilines is 1. The van der Waals surface area contributed by atoms with Crippen LogP contribution in [0, 0.1) is 5.82 Å². The predicted molar refractivity (Wildman–Crippen MR) is 111 cm³/mol. The van der Waals surface area contributed by atoms with Crippen molar-refractivity contribution in [3.05, 3.63) is 59.9 Å². The van der Waals surface area contributed by atoms with Crippen LogP contribution in [0.3, 0.4) is 0 Å². The van der Waals surface area contributed by atoms with Gasteiger partial charge in [-0.1, -0.05) is 12.1 Å². The average Bonchev–Trinajstić information content (AvgIpc) is 3.21. The van der Waals surface area contributed by atoms with Gasteiger partial charge in [0.15, 0.2) is 0 Å². The first-order chi connectivity index (χ1) is 13.8. The molecule has 0 radical (unpaired) electrons. The molecule has 1 fully saturated rings. The third-order valence-corrected chi connectivity index (χ3v) is 6.46. The number of carbonyl (C=O) groups excluding carboxylic acids is 1. The molecule has 2 aromatic carbocycles. The molecular formula is C21H26FN3O3S. The number of rotatable bonds is 8. The van der Waals surface area contributed by atoms with Gasteiger partial charge in [0.05, 0.1) is 11.3 Å². The second kappa shape index (κ2) is 9.37. The molecule has 2 aromatic rings. The highest BCUT2D eigenvalue weighted by Crippen LogP contribution is 2.17. The molecule has 3 rings (SSSR count). The molecule has 1 N–H and O–H groups in total. The molecule has 0 atom stereocenters. The number of hydrogen-bond donors (Lipinski definition) is 1. The Labute approximate surface area is 171 Å². The lowest BCUT2D eigenvalue weighted by Gasteiger charge is -2.21. The van der Waals surface area contributed by atoms with E-state index in [0.717, 1.165) is 37.3 Å². The fourth-order valence-corrected chi connectivity index (χ4v) is 4.31. The molecule has 1 aliphatic heterocycles. The van der Waals surface area contributed by atoms with Crippen molar-refractivity contribution >= 4 is 21.6 Å². The first kappa shape index (κ1) is 21.3. The summed E-state index contributed by atoms with van der Waals surface area (Å²) in [6.45, 7) is 3.81. The van der Waals surface area contributed by atoms with Crippen LogP contribution in [0.5, 0.6) is 0 Å². The number of likely N-dealkylation sites (tertiary alicyclic amines) is 1. The van der Waals surface area contributed by atoms with Crippen LogP contribution in [0.2, 0.25) is 0 Å². The first-order valence-corrected chi connectivity index (χ1v) is 11.2. The van der Waals surface area contributed by atoms with Gasteiger partial charge in [-0.25, -0.2) is 12.8 Å². The largest absolute Gasteiger partial charge is 0.344 e. The second-order valence-electron chi connectivity index (χ2n) is 7.30. The molecule has 1 amide bonds. The maximum absolute atomic E-state index is 13.0. The molecule has 29 heavy (non-hydrogen) atoms. The SMILES string of the molecule is CN(CCN1CCCC1)C(=O)Cc1ccc(NS(=O)(=O)c2ccc(F)cc2)cc1. The third-order valence-electron chi connectivity index (χ3n) is 5.06. The van der Waals surface area contributed by atoms with Gasteiger partial charge < -0.3 is 9.80 Å². The predicted octanol–water partition coefficient (Wildman–Crippen LogP) is 2.72. The van der Waals surface area contributed by atoms with E-state index in [1.165, 1.54) is 25.0 Å². The Balaban J connectivity index is 1.53. The molecule has 0 aromatic heterocycles. The van der Waals surface area contributed by atoms with Gasteiger partial charge in [0.2, 0.25) is 5.91 Å². The Morgan fingerprint density at radius 2 is 1.69 bits per heavy atom. The van der Waals surface area contributed by atoms with Crippen LogP contribution < -0.4 is 4.72 Å². The van der Waals surface area contributed by atoms with Crippen LogP contribution in [0.25, 0.3) is 0 Å². The van der Waals surface area contributed by atoms with Gasteiger partial charge >= 0.3 is 0 Å². The van der Waals surface area contributed by atoms with E-state index in [9.17, 15) is 17.6 Å². The van der Waals surface area contributed by atoms with Crippen molar-refractivity contribution in [1.29, 1.82) is 0 Å². The highest BCUT2D eigenvalue weighted by molar-refractivity contribution is 7.92. The summed E-state index contributed by atoms with van der Waals surface area (Å²) in [5, 5.41) is 0. The van der Waals surface area contributed by atoms with Crippen molar-refractivity contribution in [2.45, 2.75) is 24.2 Å². The average molecular weight is 420 g/mol. The molecule has 0 aliphatic carbocycles. The normalized spacial score (nSPS) is 14.7. The van der Waals surface area contributed by atoms with E-state index in [1.807, 2.05) is 7.05 Å². The lowest BCUT2D eigenvalue weighted by Crippen LogP contribution is -2.35. The number of nitrogens with one attached hydrogen (secondary N) is 1. The molecule has 8 heteroatoms. The van der Waals surface area contributed by atoms with E-state index in [-0.39, 0.29) is 17.2 Å². The van der Waals surface area contributed by atoms with Crippen LogP contribution in [0.15, 0.2) is 53.4 Å². The minimum absolute atomic E-state index is 0.0159. The van der Waals surface area contributed by atoms with Crippen molar-refractivity contribution in [2.24, 2.45) is 0 Å². The summed E-state index contributed by atoms with van der Waals surface area (Å²) in [7, 11) is -1.98. The summed E-state index contributed by atoms with van der Waals surface area (Å²) in [5.41, 5.74) is 1.20. The van der Waals surface area contributed by atoms with Gasteiger partial charge in [-0.15, -0.1) is 0 Å². The second-order valence-corrected chi connectivity index (χ2v) is 8.98. The molecular weight excluding hydrogens is 393 g/mol. The maximum atomic E-state index is 13.0. The van der Waals surface area contributed by atoms with E-state index >= 15 is 0 Å². The number of halogens is 1. The standard InChI is InChI=1S/C21H26FN3O3S/c1-24(14-15-25-12-2-3-13-25)21(26)16-17-4-8-19(9-5-17)23-29(27,28)20-10-6-18(22)7-11-20/h4-11,23H,2-3,12-16H2,1H3. The van der Waals surface area contributed by atoms with Crippen LogP contribution in [-0.4, -0.2) is 57.4 Å². The van der Waals surface area contributed by atoms with E-state index in [2.05, 4.69) is 9.62 Å². The van der Waals surface area contributed by atoms with Crippen LogP contribution in [-0.2, 0) is 21.2 Å². The summed E-state index contributed by atoms with van der Waals surface area (Å²) in [4.78, 5) is 16.5. The fourth-order valence-electron chi connectivity index (χ4n) is 3.25. The Bertz CT molecular complexity index is 925. The Kier molecular flexibility index (Phi) is 6.87. The molecule has 0 unspecified atom stereocenters. The Hall–Kier alpha value is -2.45. The van der Waals surface area contributed by atoms with Crippen LogP contribution >= 0.6 is 0 Å². The molecule has 0 saturated carbocycles. The number of hydrogen-bond acceptors (Lipinski definition) is 4. The summed E-state index contributed by atoms with van der Waals surface area (Å²) >= 11 is 0. The van der Waals surface area contributed by atoms with Crippen molar-refractivity contribution in [1.82, 2.24) is 9.80 Å². The quantitative estimate of drug-likeness (QED) is 0.714. The zero-order valence-electron chi connectivity index (χ0n) is 16.5. The molecule has 156 valence electrons. The monoisotopic (exact) mass is 419 g/mol. The third kappa shape index (κ3) is 6.01. The zero-order valence-corrected chi connectivity index (χ0v) is 17.3. The summed E-state index contributed by atoms with van der Waals surface area (Å²) in [6, 6.07) is 11.3. The van der Waals surface area contributed by atoms with Crippen molar-refractivity contribution in [3.8, 4) is 0 Å². The summed E-state index contributed by atoms with van der Waals surface area (Å²) < 4.78 is 40.1. The fraction of sp³-hybridized carbons (Fsp3) is 0.381. The maximum Gasteiger partial charge on any atom is 0.261 e. The summed E-state index contributed by atoms with van der Waals surface area (Å²) in [6.07, 6.45) is 2.73. The van der Waals surface area contributed by atoms with E-state index in [4.69, 9.17) is 0 Å². The molecule has 1 heterocycles. The Morgan fingerprint density at radius 3 is 2.31 bits per heavy atom. The smallest absolute Gasteiger partial charge is 0.261 e. The molecule has 6 nitrogen and oxygen atoms in total. The highest BCUT2D eigenvalue weighted by atomic mass is 32.2. The van der Waals surface area contributed by atoms with E-state index < -0.39 is 15.8 Å². The lowest BCUT2D eigenvalue weighted by atomic mass is 10.1. The van der Waals surface area contributed by atoms with Crippen LogP contribution in [0.1, 0.15) is 18.4 Å². The number of sulfonamides is 1. The van der Waals surface area contributed by atoms with Gasteiger partial charge in [0, 0.05) is 25.8 Å². The topological polar surface area (TPSA) is 69.7 Å². The number of carbonyl (C=O) groups is 1. The van der Waals surface area contributed by atoms with Crippen molar-refractivity contribution < 1.29 is 17.6 Å². The van der Waals surface area contributed by atoms with E-state index in [1.54, 1.807) is 29.2 Å². The molecule has 1 aliphatic rings. The minimum Gasteiger partial charge on any atom is -0.344 e. The minimum atomic E-state index is -3.79. The Morgan fingerprint density at radius 1 is 1.07 bits per heavy atom.